The summed E-state index contributed by atoms with van der Waals surface area (Å²) < 4.78 is 81.4. The van der Waals surface area contributed by atoms with Crippen molar-refractivity contribution in [2.75, 3.05) is 16.8 Å². The number of ether oxygens (including phenoxy) is 1. The zero-order valence-corrected chi connectivity index (χ0v) is 19.6. The van der Waals surface area contributed by atoms with Crippen molar-refractivity contribution in [3.63, 3.8) is 0 Å². The molecule has 2 heterocycles. The van der Waals surface area contributed by atoms with Crippen molar-refractivity contribution in [1.82, 2.24) is 9.55 Å². The van der Waals surface area contributed by atoms with Crippen LogP contribution in [0.5, 0.6) is 5.75 Å². The molecular formula is C22H15F6N3O3S2. The predicted molar refractivity (Wildman–Crippen MR) is 122 cm³/mol. The first-order valence-corrected chi connectivity index (χ1v) is 12.1. The second-order valence-electron chi connectivity index (χ2n) is 7.37. The highest BCUT2D eigenvalue weighted by Crippen LogP contribution is 2.33. The Morgan fingerprint density at radius 2 is 1.83 bits per heavy atom. The van der Waals surface area contributed by atoms with Crippen LogP contribution in [0.2, 0.25) is 0 Å². The number of rotatable bonds is 6. The normalized spacial score (nSPS) is 13.4. The van der Waals surface area contributed by atoms with Gasteiger partial charge in [-0.1, -0.05) is 17.8 Å². The average Bonchev–Trinajstić information content (AvgIpc) is 3.27. The van der Waals surface area contributed by atoms with Gasteiger partial charge in [0.15, 0.2) is 5.16 Å². The number of aryl methyl sites for hydroxylation is 1. The monoisotopic (exact) mass is 547 g/mol. The van der Waals surface area contributed by atoms with Gasteiger partial charge in [0.2, 0.25) is 5.91 Å². The molecule has 6 nitrogen and oxygen atoms in total. The summed E-state index contributed by atoms with van der Waals surface area (Å²) in [6.45, 7) is 0. The van der Waals surface area contributed by atoms with Gasteiger partial charge in [0.25, 0.3) is 5.56 Å². The molecule has 1 aliphatic heterocycles. The van der Waals surface area contributed by atoms with Crippen LogP contribution < -0.4 is 15.6 Å². The molecule has 1 amide bonds. The molecule has 14 heteroatoms. The highest BCUT2D eigenvalue weighted by Gasteiger charge is 2.32. The molecule has 0 radical (unpaired) electrons. The van der Waals surface area contributed by atoms with Crippen LogP contribution in [0.4, 0.5) is 32.0 Å². The summed E-state index contributed by atoms with van der Waals surface area (Å²) in [7, 11) is 0. The first kappa shape index (κ1) is 25.9. The van der Waals surface area contributed by atoms with Gasteiger partial charge < -0.3 is 10.1 Å². The van der Waals surface area contributed by atoms with E-state index in [9.17, 15) is 35.9 Å². The Morgan fingerprint density at radius 3 is 2.50 bits per heavy atom. The lowest BCUT2D eigenvalue weighted by molar-refractivity contribution is -0.274. The van der Waals surface area contributed by atoms with E-state index in [0.717, 1.165) is 40.6 Å². The molecule has 3 aromatic rings. The third-order valence-electron chi connectivity index (χ3n) is 4.80. The minimum Gasteiger partial charge on any atom is -0.406 e. The average molecular weight is 548 g/mol. The van der Waals surface area contributed by atoms with Crippen LogP contribution in [0.25, 0.3) is 5.69 Å². The Morgan fingerprint density at radius 1 is 1.11 bits per heavy atom. The summed E-state index contributed by atoms with van der Waals surface area (Å²) in [5.74, 6) is -0.689. The Bertz CT molecular complexity index is 1340. The molecule has 4 rings (SSSR count). The van der Waals surface area contributed by atoms with Crippen molar-refractivity contribution in [3.05, 3.63) is 70.1 Å². The van der Waals surface area contributed by atoms with Gasteiger partial charge in [-0.3, -0.25) is 14.2 Å². The van der Waals surface area contributed by atoms with E-state index in [1.807, 2.05) is 0 Å². The van der Waals surface area contributed by atoms with Crippen LogP contribution in [-0.4, -0.2) is 33.3 Å². The largest absolute Gasteiger partial charge is 0.573 e. The summed E-state index contributed by atoms with van der Waals surface area (Å²) in [4.78, 5) is 30.3. The van der Waals surface area contributed by atoms with Crippen molar-refractivity contribution in [3.8, 4) is 11.4 Å². The fourth-order valence-electron chi connectivity index (χ4n) is 3.31. The van der Waals surface area contributed by atoms with Crippen LogP contribution in [0, 0.1) is 0 Å². The molecule has 0 fully saturated rings. The van der Waals surface area contributed by atoms with Crippen molar-refractivity contribution in [2.24, 2.45) is 0 Å². The zero-order chi connectivity index (χ0) is 26.1. The van der Waals surface area contributed by atoms with E-state index in [0.29, 0.717) is 22.8 Å². The molecule has 0 aliphatic carbocycles. The number of nitrogens with zero attached hydrogens (tertiary/aromatic N) is 2. The van der Waals surface area contributed by atoms with Gasteiger partial charge in [0.1, 0.15) is 5.75 Å². The SMILES string of the molecule is O=C(CSc1nc2c(c(=O)n1-c1cccc(C(F)(F)F)c1)SCC2)Nc1ccc(OC(F)(F)F)cc1. The van der Waals surface area contributed by atoms with Crippen molar-refractivity contribution in [2.45, 2.75) is 29.0 Å². The number of thioether (sulfide) groups is 2. The highest BCUT2D eigenvalue weighted by atomic mass is 32.2. The number of hydrogen-bond acceptors (Lipinski definition) is 6. The lowest BCUT2D eigenvalue weighted by Gasteiger charge is -2.15. The Kier molecular flexibility index (Phi) is 7.27. The number of carbonyl (C=O) groups excluding carboxylic acids is 1. The topological polar surface area (TPSA) is 73.2 Å². The second-order valence-corrected chi connectivity index (χ2v) is 9.41. The summed E-state index contributed by atoms with van der Waals surface area (Å²) in [6, 6.07) is 8.74. The predicted octanol–water partition coefficient (Wildman–Crippen LogP) is 5.53. The fourth-order valence-corrected chi connectivity index (χ4v) is 5.16. The van der Waals surface area contributed by atoms with E-state index in [1.54, 1.807) is 0 Å². The third kappa shape index (κ3) is 6.16. The van der Waals surface area contributed by atoms with Crippen molar-refractivity contribution in [1.29, 1.82) is 0 Å². The maximum absolute atomic E-state index is 13.2. The molecule has 190 valence electrons. The standard InChI is InChI=1S/C22H15F6N3O3S2/c23-21(24,25)12-2-1-3-14(10-12)31-19(33)18-16(8-9-35-18)30-20(31)36-11-17(32)29-13-4-6-15(7-5-13)34-22(26,27)28/h1-7,10H,8-9,11H2,(H,29,32). The summed E-state index contributed by atoms with van der Waals surface area (Å²) in [5, 5.41) is 2.54. The number of anilines is 1. The van der Waals surface area contributed by atoms with Crippen LogP contribution in [0.15, 0.2) is 63.4 Å². The zero-order valence-electron chi connectivity index (χ0n) is 17.9. The molecule has 36 heavy (non-hydrogen) atoms. The van der Waals surface area contributed by atoms with E-state index in [-0.39, 0.29) is 22.3 Å². The quantitative estimate of drug-likeness (QED) is 0.249. The smallest absolute Gasteiger partial charge is 0.406 e. The Balaban J connectivity index is 1.55. The second kappa shape index (κ2) is 10.1. The molecule has 1 N–H and O–H groups in total. The van der Waals surface area contributed by atoms with Crippen molar-refractivity contribution >= 4 is 35.1 Å². The lowest BCUT2D eigenvalue weighted by atomic mass is 10.2. The number of aromatic nitrogens is 2. The van der Waals surface area contributed by atoms with Gasteiger partial charge >= 0.3 is 12.5 Å². The van der Waals surface area contributed by atoms with Crippen LogP contribution >= 0.6 is 23.5 Å². The first-order valence-electron chi connectivity index (χ1n) is 10.2. The van der Waals surface area contributed by atoms with Crippen LogP contribution in [0.1, 0.15) is 11.3 Å². The number of alkyl halides is 6. The highest BCUT2D eigenvalue weighted by molar-refractivity contribution is 8.00. The summed E-state index contributed by atoms with van der Waals surface area (Å²) in [5.41, 5.74) is -0.794. The Hall–Kier alpha value is -3.13. The van der Waals surface area contributed by atoms with Gasteiger partial charge in [-0.25, -0.2) is 4.98 Å². The number of fused-ring (bicyclic) bond motifs is 1. The number of amides is 1. The van der Waals surface area contributed by atoms with E-state index in [1.165, 1.54) is 36.0 Å². The fraction of sp³-hybridized carbons (Fsp3) is 0.227. The maximum atomic E-state index is 13.2. The van der Waals surface area contributed by atoms with Gasteiger partial charge in [0.05, 0.1) is 27.6 Å². The number of halogens is 6. The summed E-state index contributed by atoms with van der Waals surface area (Å²) in [6.07, 6.45) is -8.96. The van der Waals surface area contributed by atoms with Gasteiger partial charge in [-0.2, -0.15) is 13.2 Å². The van der Waals surface area contributed by atoms with E-state index < -0.39 is 35.3 Å². The third-order valence-corrected chi connectivity index (χ3v) is 6.85. The molecule has 0 bridgehead atoms. The molecule has 1 aliphatic rings. The van der Waals surface area contributed by atoms with Crippen LogP contribution in [-0.2, 0) is 17.4 Å². The molecular weight excluding hydrogens is 532 g/mol. The summed E-state index contributed by atoms with van der Waals surface area (Å²) >= 11 is 2.11. The number of benzene rings is 2. The number of nitrogens with one attached hydrogen (secondary N) is 1. The van der Waals surface area contributed by atoms with Gasteiger partial charge in [-0.15, -0.1) is 24.9 Å². The maximum Gasteiger partial charge on any atom is 0.573 e. The van der Waals surface area contributed by atoms with E-state index >= 15 is 0 Å². The minimum atomic E-state index is -4.85. The van der Waals surface area contributed by atoms with Gasteiger partial charge in [-0.05, 0) is 42.5 Å². The minimum absolute atomic E-state index is 0.0409. The van der Waals surface area contributed by atoms with Crippen LogP contribution in [0.3, 0.4) is 0 Å². The molecule has 0 atom stereocenters. The Labute approximate surface area is 208 Å². The lowest BCUT2D eigenvalue weighted by Crippen LogP contribution is -2.25. The van der Waals surface area contributed by atoms with E-state index in [4.69, 9.17) is 0 Å². The van der Waals surface area contributed by atoms with E-state index in [2.05, 4.69) is 15.0 Å². The molecule has 0 saturated carbocycles. The number of hydrogen-bond donors (Lipinski definition) is 1. The molecule has 1 aromatic heterocycles. The van der Waals surface area contributed by atoms with Crippen molar-refractivity contribution < 1.29 is 35.9 Å². The first-order chi connectivity index (χ1) is 16.9. The molecule has 0 saturated heterocycles. The molecule has 0 unspecified atom stereocenters. The number of carbonyl (C=O) groups is 1. The van der Waals surface area contributed by atoms with Gasteiger partial charge in [0, 0.05) is 17.9 Å². The molecule has 2 aromatic carbocycles. The molecule has 0 spiro atoms.